The molecule has 0 atom stereocenters. The lowest BCUT2D eigenvalue weighted by Gasteiger charge is -2.14. The van der Waals surface area contributed by atoms with E-state index in [0.717, 1.165) is 6.07 Å². The Morgan fingerprint density at radius 1 is 1.35 bits per heavy atom. The Labute approximate surface area is 120 Å². The van der Waals surface area contributed by atoms with Crippen molar-refractivity contribution in [1.29, 1.82) is 0 Å². The summed E-state index contributed by atoms with van der Waals surface area (Å²) in [6, 6.07) is 3.75. The molecule has 1 aromatic carbocycles. The Bertz CT molecular complexity index is 653. The molecule has 0 aliphatic heterocycles. The maximum Gasteiger partial charge on any atom is 0.341 e. The highest BCUT2D eigenvalue weighted by Gasteiger charge is 2.31. The Morgan fingerprint density at radius 2 is 2.00 bits per heavy atom. The number of carbonyl (C=O) groups is 1. The van der Waals surface area contributed by atoms with Crippen LogP contribution < -0.4 is 0 Å². The summed E-state index contributed by atoms with van der Waals surface area (Å²) in [6.07, 6.45) is 0. The van der Waals surface area contributed by atoms with Gasteiger partial charge in [0, 0.05) is 16.0 Å². The molecular formula is C14H13ClFNO3. The Hall–Kier alpha value is -1.88. The van der Waals surface area contributed by atoms with Gasteiger partial charge in [-0.3, -0.25) is 0 Å². The molecule has 0 spiro atoms. The van der Waals surface area contributed by atoms with Crippen LogP contribution in [0.5, 0.6) is 0 Å². The van der Waals surface area contributed by atoms with Crippen LogP contribution in [-0.2, 0) is 5.41 Å². The molecule has 0 bridgehead atoms. The van der Waals surface area contributed by atoms with E-state index in [0.29, 0.717) is 0 Å². The zero-order valence-corrected chi connectivity index (χ0v) is 12.0. The molecule has 0 fully saturated rings. The molecule has 0 amide bonds. The van der Waals surface area contributed by atoms with Gasteiger partial charge in [-0.2, -0.15) is 0 Å². The first kappa shape index (κ1) is 14.5. The second kappa shape index (κ2) is 4.90. The molecule has 1 aromatic heterocycles. The van der Waals surface area contributed by atoms with E-state index in [-0.39, 0.29) is 27.6 Å². The van der Waals surface area contributed by atoms with Crippen molar-refractivity contribution in [2.45, 2.75) is 26.2 Å². The van der Waals surface area contributed by atoms with Gasteiger partial charge < -0.3 is 9.63 Å². The molecule has 20 heavy (non-hydrogen) atoms. The lowest BCUT2D eigenvalue weighted by atomic mass is 9.89. The van der Waals surface area contributed by atoms with Crippen LogP contribution in [-0.4, -0.2) is 16.2 Å². The summed E-state index contributed by atoms with van der Waals surface area (Å²) in [5, 5.41) is 13.3. The number of nitrogens with zero attached hydrogens (tertiary/aromatic N) is 1. The fraction of sp³-hybridized carbons (Fsp3) is 0.286. The van der Waals surface area contributed by atoms with Crippen LogP contribution in [0.2, 0.25) is 5.02 Å². The molecule has 0 saturated heterocycles. The summed E-state index contributed by atoms with van der Waals surface area (Å²) in [5.41, 5.74) is -0.259. The van der Waals surface area contributed by atoms with Crippen molar-refractivity contribution >= 4 is 17.6 Å². The van der Waals surface area contributed by atoms with Gasteiger partial charge in [0.2, 0.25) is 0 Å². The third-order valence-electron chi connectivity index (χ3n) is 2.72. The summed E-state index contributed by atoms with van der Waals surface area (Å²) in [4.78, 5) is 11.5. The van der Waals surface area contributed by atoms with E-state index < -0.39 is 17.2 Å². The summed E-state index contributed by atoms with van der Waals surface area (Å²) in [7, 11) is 0. The maximum absolute atomic E-state index is 13.4. The van der Waals surface area contributed by atoms with E-state index in [2.05, 4.69) is 5.16 Å². The van der Waals surface area contributed by atoms with Crippen LogP contribution >= 0.6 is 11.6 Å². The highest BCUT2D eigenvalue weighted by Crippen LogP contribution is 2.34. The number of benzene rings is 1. The zero-order valence-electron chi connectivity index (χ0n) is 11.2. The first-order chi connectivity index (χ1) is 9.20. The molecule has 0 aliphatic rings. The number of hydrogen-bond donors (Lipinski definition) is 1. The number of hydrogen-bond acceptors (Lipinski definition) is 3. The minimum atomic E-state index is -1.17. The molecule has 1 heterocycles. The SMILES string of the molecule is CC(C)(C)c1onc(-c2cc(F)cc(Cl)c2)c1C(=O)O. The molecule has 4 nitrogen and oxygen atoms in total. The maximum atomic E-state index is 13.4. The van der Waals surface area contributed by atoms with E-state index in [4.69, 9.17) is 16.1 Å². The number of aromatic carboxylic acids is 1. The number of aromatic nitrogens is 1. The van der Waals surface area contributed by atoms with Gasteiger partial charge in [-0.05, 0) is 18.2 Å². The van der Waals surface area contributed by atoms with Crippen molar-refractivity contribution < 1.29 is 18.8 Å². The number of carboxylic acid groups (broad SMARTS) is 1. The van der Waals surface area contributed by atoms with Crippen LogP contribution in [0.25, 0.3) is 11.3 Å². The quantitative estimate of drug-likeness (QED) is 0.905. The molecule has 1 N–H and O–H groups in total. The Kier molecular flexibility index (Phi) is 3.56. The molecule has 106 valence electrons. The van der Waals surface area contributed by atoms with Crippen LogP contribution in [0.3, 0.4) is 0 Å². The van der Waals surface area contributed by atoms with Gasteiger partial charge in [-0.1, -0.05) is 37.5 Å². The van der Waals surface area contributed by atoms with Gasteiger partial charge in [-0.25, -0.2) is 9.18 Å². The number of carboxylic acids is 1. The number of rotatable bonds is 2. The lowest BCUT2D eigenvalue weighted by molar-refractivity contribution is 0.0692. The van der Waals surface area contributed by atoms with Crippen LogP contribution in [0.15, 0.2) is 22.7 Å². The summed E-state index contributed by atoms with van der Waals surface area (Å²) < 4.78 is 18.6. The second-order valence-electron chi connectivity index (χ2n) is 5.45. The zero-order chi connectivity index (χ0) is 15.1. The van der Waals surface area contributed by atoms with E-state index in [1.54, 1.807) is 0 Å². The lowest BCUT2D eigenvalue weighted by Crippen LogP contribution is -2.15. The molecule has 0 radical (unpaired) electrons. The third kappa shape index (κ3) is 2.67. The van der Waals surface area contributed by atoms with Gasteiger partial charge in [0.15, 0.2) is 5.76 Å². The Morgan fingerprint density at radius 3 is 2.50 bits per heavy atom. The van der Waals surface area contributed by atoms with Crippen LogP contribution in [0.1, 0.15) is 36.9 Å². The monoisotopic (exact) mass is 297 g/mol. The van der Waals surface area contributed by atoms with E-state index in [9.17, 15) is 14.3 Å². The van der Waals surface area contributed by atoms with Gasteiger partial charge >= 0.3 is 5.97 Å². The molecule has 6 heteroatoms. The van der Waals surface area contributed by atoms with E-state index in [1.165, 1.54) is 12.1 Å². The average molecular weight is 298 g/mol. The minimum absolute atomic E-state index is 0.0702. The summed E-state index contributed by atoms with van der Waals surface area (Å²) in [6.45, 7) is 5.42. The van der Waals surface area contributed by atoms with Gasteiger partial charge in [0.05, 0.1) is 0 Å². The second-order valence-corrected chi connectivity index (χ2v) is 5.89. The van der Waals surface area contributed by atoms with Crippen LogP contribution in [0.4, 0.5) is 4.39 Å². The van der Waals surface area contributed by atoms with Crippen molar-refractivity contribution in [2.75, 3.05) is 0 Å². The highest BCUT2D eigenvalue weighted by atomic mass is 35.5. The molecule has 0 saturated carbocycles. The van der Waals surface area contributed by atoms with Crippen molar-refractivity contribution in [3.05, 3.63) is 40.4 Å². The molecule has 2 aromatic rings. The van der Waals surface area contributed by atoms with Crippen molar-refractivity contribution in [2.24, 2.45) is 0 Å². The fourth-order valence-electron chi connectivity index (χ4n) is 1.89. The van der Waals surface area contributed by atoms with E-state index >= 15 is 0 Å². The predicted molar refractivity (Wildman–Crippen MR) is 72.6 cm³/mol. The molecular weight excluding hydrogens is 285 g/mol. The molecule has 0 unspecified atom stereocenters. The van der Waals surface area contributed by atoms with Crippen molar-refractivity contribution in [3.8, 4) is 11.3 Å². The summed E-state index contributed by atoms with van der Waals surface area (Å²) >= 11 is 5.78. The molecule has 0 aliphatic carbocycles. The van der Waals surface area contributed by atoms with Crippen molar-refractivity contribution in [3.63, 3.8) is 0 Å². The summed E-state index contributed by atoms with van der Waals surface area (Å²) in [5.74, 6) is -1.50. The van der Waals surface area contributed by atoms with Gasteiger partial charge in [-0.15, -0.1) is 0 Å². The van der Waals surface area contributed by atoms with E-state index in [1.807, 2.05) is 20.8 Å². The number of halogens is 2. The smallest absolute Gasteiger partial charge is 0.341 e. The highest BCUT2D eigenvalue weighted by molar-refractivity contribution is 6.30. The fourth-order valence-corrected chi connectivity index (χ4v) is 2.11. The third-order valence-corrected chi connectivity index (χ3v) is 2.94. The predicted octanol–water partition coefficient (Wildman–Crippen LogP) is 4.13. The standard InChI is InChI=1S/C14H13ClFNO3/c1-14(2,3)12-10(13(18)19)11(17-20-12)7-4-8(15)6-9(16)5-7/h4-6H,1-3H3,(H,18,19). The first-order valence-corrected chi connectivity index (χ1v) is 6.28. The largest absolute Gasteiger partial charge is 0.477 e. The van der Waals surface area contributed by atoms with Crippen molar-refractivity contribution in [1.82, 2.24) is 5.16 Å². The minimum Gasteiger partial charge on any atom is -0.477 e. The van der Waals surface area contributed by atoms with Gasteiger partial charge in [0.1, 0.15) is 17.1 Å². The normalized spacial score (nSPS) is 11.7. The Balaban J connectivity index is 2.69. The average Bonchev–Trinajstić information content (AvgIpc) is 2.71. The topological polar surface area (TPSA) is 63.3 Å². The van der Waals surface area contributed by atoms with Gasteiger partial charge in [0.25, 0.3) is 0 Å². The first-order valence-electron chi connectivity index (χ1n) is 5.90. The van der Waals surface area contributed by atoms with Crippen LogP contribution in [0, 0.1) is 5.82 Å². The molecule has 2 rings (SSSR count).